The number of carbonyl (C=O) groups is 1. The van der Waals surface area contributed by atoms with E-state index in [1.807, 2.05) is 0 Å². The molecule has 0 radical (unpaired) electrons. The average molecular weight is 288 g/mol. The van der Waals surface area contributed by atoms with Crippen LogP contribution in [0.15, 0.2) is 18.2 Å². The number of halogens is 3. The Hall–Kier alpha value is -2.63. The molecule has 9 heteroatoms. The van der Waals surface area contributed by atoms with Gasteiger partial charge in [-0.15, -0.1) is 0 Å². The van der Waals surface area contributed by atoms with E-state index >= 15 is 0 Å². The zero-order chi connectivity index (χ0) is 15.5. The van der Waals surface area contributed by atoms with Gasteiger partial charge >= 0.3 is 12.1 Å². The van der Waals surface area contributed by atoms with Crippen LogP contribution in [-0.2, 0) is 15.7 Å². The van der Waals surface area contributed by atoms with E-state index in [0.29, 0.717) is 6.07 Å². The van der Waals surface area contributed by atoms with Crippen LogP contribution in [-0.4, -0.2) is 18.0 Å². The van der Waals surface area contributed by atoms with Gasteiger partial charge in [-0.05, 0) is 12.1 Å². The van der Waals surface area contributed by atoms with Gasteiger partial charge in [0.25, 0.3) is 5.69 Å². The quantitative estimate of drug-likeness (QED) is 0.483. The molecule has 0 spiro atoms. The molecule has 20 heavy (non-hydrogen) atoms. The highest BCUT2D eigenvalue weighted by Gasteiger charge is 2.35. The predicted octanol–water partition coefficient (Wildman–Crippen LogP) is 2.39. The molecule has 0 aromatic heterocycles. The van der Waals surface area contributed by atoms with Crippen LogP contribution in [0.2, 0.25) is 0 Å². The van der Waals surface area contributed by atoms with Crippen molar-refractivity contribution >= 4 is 11.7 Å². The van der Waals surface area contributed by atoms with E-state index in [1.165, 1.54) is 6.07 Å². The topological polar surface area (TPSA) is 93.2 Å². The summed E-state index contributed by atoms with van der Waals surface area (Å²) in [6, 6.07) is 3.04. The molecule has 0 unspecified atom stereocenters. The third-order valence-electron chi connectivity index (χ3n) is 2.43. The molecule has 6 nitrogen and oxygen atoms in total. The Bertz CT molecular complexity index is 592. The number of carbonyl (C=O) groups excluding carboxylic acids is 1. The molecular formula is C11H7F3N2O4. The molecule has 0 fully saturated rings. The van der Waals surface area contributed by atoms with Gasteiger partial charge in [0.2, 0.25) is 0 Å². The zero-order valence-corrected chi connectivity index (χ0v) is 9.97. The molecule has 1 aromatic rings. The maximum Gasteiger partial charge on any atom is 0.416 e. The lowest BCUT2D eigenvalue weighted by molar-refractivity contribution is -0.385. The van der Waals surface area contributed by atoms with E-state index < -0.39 is 39.8 Å². The lowest BCUT2D eigenvalue weighted by Crippen LogP contribution is -2.15. The van der Waals surface area contributed by atoms with E-state index in [0.717, 1.165) is 13.2 Å². The Morgan fingerprint density at radius 3 is 2.50 bits per heavy atom. The summed E-state index contributed by atoms with van der Waals surface area (Å²) < 4.78 is 41.8. The number of ether oxygens (including phenoxy) is 1. The first kappa shape index (κ1) is 15.4. The summed E-state index contributed by atoms with van der Waals surface area (Å²) in [5, 5.41) is 19.6. The highest BCUT2D eigenvalue weighted by molar-refractivity contribution is 5.82. The first-order chi connectivity index (χ1) is 9.22. The number of rotatable bonds is 3. The van der Waals surface area contributed by atoms with E-state index in [2.05, 4.69) is 4.74 Å². The van der Waals surface area contributed by atoms with Crippen molar-refractivity contribution in [2.75, 3.05) is 7.11 Å². The molecule has 0 bridgehead atoms. The molecule has 1 atom stereocenters. The van der Waals surface area contributed by atoms with Crippen molar-refractivity contribution in [2.45, 2.75) is 12.1 Å². The van der Waals surface area contributed by atoms with Gasteiger partial charge in [0.05, 0.1) is 29.2 Å². The van der Waals surface area contributed by atoms with Crippen molar-refractivity contribution in [3.05, 3.63) is 39.4 Å². The Morgan fingerprint density at radius 1 is 1.50 bits per heavy atom. The number of nitriles is 1. The van der Waals surface area contributed by atoms with Crippen molar-refractivity contribution in [1.29, 1.82) is 5.26 Å². The van der Waals surface area contributed by atoms with Gasteiger partial charge in [-0.3, -0.25) is 14.9 Å². The summed E-state index contributed by atoms with van der Waals surface area (Å²) in [6.45, 7) is 0. The minimum absolute atomic E-state index is 0.280. The summed E-state index contributed by atoms with van der Waals surface area (Å²) in [7, 11) is 0.961. The summed E-state index contributed by atoms with van der Waals surface area (Å²) in [5.41, 5.74) is -2.65. The van der Waals surface area contributed by atoms with Crippen molar-refractivity contribution in [3.8, 4) is 6.07 Å². The number of benzene rings is 1. The number of alkyl halides is 3. The van der Waals surface area contributed by atoms with Crippen LogP contribution in [0.25, 0.3) is 0 Å². The second-order valence-electron chi connectivity index (χ2n) is 3.61. The number of nitro groups is 1. The van der Waals surface area contributed by atoms with E-state index in [4.69, 9.17) is 5.26 Å². The van der Waals surface area contributed by atoms with Gasteiger partial charge in [-0.2, -0.15) is 18.4 Å². The van der Waals surface area contributed by atoms with Gasteiger partial charge in [0.15, 0.2) is 5.92 Å². The standard InChI is InChI=1S/C11H7F3N2O4/c1-20-10(17)8(5-15)7-3-2-6(11(12,13)14)4-9(7)16(18)19/h2-4,8H,1H3/t8-/m1/s1. The molecule has 106 valence electrons. The molecule has 1 aromatic carbocycles. The molecule has 1 rings (SSSR count). The normalized spacial score (nSPS) is 12.3. The van der Waals surface area contributed by atoms with Gasteiger partial charge in [-0.25, -0.2) is 0 Å². The fraction of sp³-hybridized carbons (Fsp3) is 0.273. The highest BCUT2D eigenvalue weighted by Crippen LogP contribution is 2.35. The molecule has 0 aliphatic rings. The number of methoxy groups -OCH3 is 1. The number of esters is 1. The van der Waals surface area contributed by atoms with Crippen LogP contribution in [0.4, 0.5) is 18.9 Å². The van der Waals surface area contributed by atoms with E-state index in [1.54, 1.807) is 0 Å². The van der Waals surface area contributed by atoms with Crippen LogP contribution in [0.1, 0.15) is 17.0 Å². The van der Waals surface area contributed by atoms with Crippen LogP contribution >= 0.6 is 0 Å². The number of nitro benzene ring substituents is 1. The molecule has 0 saturated heterocycles. The summed E-state index contributed by atoms with van der Waals surface area (Å²) in [4.78, 5) is 21.0. The van der Waals surface area contributed by atoms with Crippen molar-refractivity contribution < 1.29 is 27.6 Å². The maximum atomic E-state index is 12.5. The van der Waals surface area contributed by atoms with Crippen molar-refractivity contribution in [3.63, 3.8) is 0 Å². The SMILES string of the molecule is COC(=O)[C@H](C#N)c1ccc(C(F)(F)F)cc1[N+](=O)[O-]. The maximum absolute atomic E-state index is 12.5. The molecular weight excluding hydrogens is 281 g/mol. The molecule has 0 aliphatic carbocycles. The summed E-state index contributed by atoms with van der Waals surface area (Å²) >= 11 is 0. The lowest BCUT2D eigenvalue weighted by atomic mass is 9.97. The van der Waals surface area contributed by atoms with Gasteiger partial charge in [-0.1, -0.05) is 0 Å². The molecule has 0 heterocycles. The average Bonchev–Trinajstić information content (AvgIpc) is 2.38. The highest BCUT2D eigenvalue weighted by atomic mass is 19.4. The molecule has 0 aliphatic heterocycles. The smallest absolute Gasteiger partial charge is 0.416 e. The third-order valence-corrected chi connectivity index (χ3v) is 2.43. The van der Waals surface area contributed by atoms with Crippen LogP contribution < -0.4 is 0 Å². The Kier molecular flexibility index (Phi) is 4.29. The van der Waals surface area contributed by atoms with Crippen molar-refractivity contribution in [1.82, 2.24) is 0 Å². The fourth-order valence-corrected chi connectivity index (χ4v) is 1.49. The predicted molar refractivity (Wildman–Crippen MR) is 58.5 cm³/mol. The number of nitrogens with zero attached hydrogens (tertiary/aromatic N) is 2. The Labute approximate surface area is 110 Å². The fourth-order valence-electron chi connectivity index (χ4n) is 1.49. The van der Waals surface area contributed by atoms with Crippen molar-refractivity contribution in [2.24, 2.45) is 0 Å². The second kappa shape index (κ2) is 5.56. The number of hydrogen-bond acceptors (Lipinski definition) is 5. The molecule has 0 saturated carbocycles. The summed E-state index contributed by atoms with van der Waals surface area (Å²) in [5.74, 6) is -2.75. The monoisotopic (exact) mass is 288 g/mol. The molecule has 0 amide bonds. The van der Waals surface area contributed by atoms with Gasteiger partial charge in [0, 0.05) is 6.07 Å². The molecule has 0 N–H and O–H groups in total. The minimum Gasteiger partial charge on any atom is -0.468 e. The minimum atomic E-state index is -4.77. The van der Waals surface area contributed by atoms with Crippen LogP contribution in [0.3, 0.4) is 0 Å². The zero-order valence-electron chi connectivity index (χ0n) is 9.97. The van der Waals surface area contributed by atoms with E-state index in [9.17, 15) is 28.1 Å². The third kappa shape index (κ3) is 3.03. The largest absolute Gasteiger partial charge is 0.468 e. The lowest BCUT2D eigenvalue weighted by Gasteiger charge is -2.11. The first-order valence-corrected chi connectivity index (χ1v) is 5.05. The number of hydrogen-bond donors (Lipinski definition) is 0. The van der Waals surface area contributed by atoms with Gasteiger partial charge in [0.1, 0.15) is 0 Å². The Balaban J connectivity index is 3.45. The van der Waals surface area contributed by atoms with Crippen LogP contribution in [0, 0.1) is 21.4 Å². The second-order valence-corrected chi connectivity index (χ2v) is 3.61. The van der Waals surface area contributed by atoms with Crippen LogP contribution in [0.5, 0.6) is 0 Å². The first-order valence-electron chi connectivity index (χ1n) is 5.05. The Morgan fingerprint density at radius 2 is 2.10 bits per heavy atom. The summed E-state index contributed by atoms with van der Waals surface area (Å²) in [6.07, 6.45) is -4.77. The van der Waals surface area contributed by atoms with E-state index in [-0.39, 0.29) is 6.07 Å². The van der Waals surface area contributed by atoms with Gasteiger partial charge < -0.3 is 4.74 Å².